The van der Waals surface area contributed by atoms with E-state index in [-0.39, 0.29) is 5.91 Å². The number of para-hydroxylation sites is 2. The predicted molar refractivity (Wildman–Crippen MR) is 126 cm³/mol. The first-order chi connectivity index (χ1) is 15.6. The van der Waals surface area contributed by atoms with Crippen LogP contribution in [0.3, 0.4) is 0 Å². The zero-order chi connectivity index (χ0) is 22.1. The van der Waals surface area contributed by atoms with Gasteiger partial charge in [-0.15, -0.1) is 0 Å². The summed E-state index contributed by atoms with van der Waals surface area (Å²) in [5, 5.41) is 2.97. The number of morpholine rings is 1. The highest BCUT2D eigenvalue weighted by molar-refractivity contribution is 6.16. The number of nitrogen functional groups attached to an aromatic ring is 1. The Morgan fingerprint density at radius 3 is 2.56 bits per heavy atom. The van der Waals surface area contributed by atoms with E-state index in [1.165, 1.54) is 0 Å². The Labute approximate surface area is 186 Å². The molecule has 0 radical (unpaired) electrons. The molecule has 0 aliphatic carbocycles. The van der Waals surface area contributed by atoms with Crippen molar-refractivity contribution in [2.24, 2.45) is 0 Å². The number of carbonyl (C=O) groups is 1. The van der Waals surface area contributed by atoms with E-state index in [2.05, 4.69) is 10.2 Å². The molecule has 0 spiro atoms. The second-order valence-electron chi connectivity index (χ2n) is 8.07. The van der Waals surface area contributed by atoms with Crippen molar-refractivity contribution in [3.05, 3.63) is 59.7 Å². The van der Waals surface area contributed by atoms with Crippen LogP contribution in [-0.4, -0.2) is 58.2 Å². The molecule has 1 saturated heterocycles. The van der Waals surface area contributed by atoms with Crippen LogP contribution in [0.25, 0.3) is 22.2 Å². The molecule has 0 atom stereocenters. The summed E-state index contributed by atoms with van der Waals surface area (Å²) in [6.45, 7) is 6.63. The highest BCUT2D eigenvalue weighted by atomic mass is 16.5. The normalized spacial score (nSPS) is 14.8. The number of carbonyl (C=O) groups excluding carboxylic acids is 1. The minimum Gasteiger partial charge on any atom is -0.384 e. The van der Waals surface area contributed by atoms with Crippen LogP contribution in [-0.2, 0) is 11.3 Å². The van der Waals surface area contributed by atoms with Gasteiger partial charge in [-0.2, -0.15) is 0 Å². The summed E-state index contributed by atoms with van der Waals surface area (Å²) in [5.74, 6) is 0.0986. The van der Waals surface area contributed by atoms with Crippen molar-refractivity contribution in [3.8, 4) is 0 Å². The molecule has 32 heavy (non-hydrogen) atoms. The number of benzene rings is 2. The quantitative estimate of drug-likeness (QED) is 0.505. The van der Waals surface area contributed by atoms with Crippen molar-refractivity contribution >= 4 is 39.6 Å². The fourth-order valence-corrected chi connectivity index (χ4v) is 4.15. The van der Waals surface area contributed by atoms with Crippen LogP contribution in [0.2, 0.25) is 0 Å². The summed E-state index contributed by atoms with van der Waals surface area (Å²) >= 11 is 0. The summed E-state index contributed by atoms with van der Waals surface area (Å²) in [7, 11) is 0. The van der Waals surface area contributed by atoms with Crippen molar-refractivity contribution in [3.63, 3.8) is 0 Å². The Balaban J connectivity index is 1.56. The van der Waals surface area contributed by atoms with Gasteiger partial charge < -0.3 is 20.4 Å². The number of hydrogen-bond donors (Lipinski definition) is 2. The standard InChI is InChI=1S/C24H26N6O2/c1-16-5-4-6-17(15-16)26-24(31)20-21-23(28-19-8-3-2-7-18(19)27-21)30(22(20)25)10-9-29-11-13-32-14-12-29/h2-8,15H,9-14,25H2,1H3,(H,26,31). The lowest BCUT2D eigenvalue weighted by Crippen LogP contribution is -2.38. The van der Waals surface area contributed by atoms with E-state index in [1.807, 2.05) is 60.0 Å². The predicted octanol–water partition coefficient (Wildman–Crippen LogP) is 3.06. The number of nitrogens with one attached hydrogen (secondary N) is 1. The highest BCUT2D eigenvalue weighted by Gasteiger charge is 2.24. The van der Waals surface area contributed by atoms with Crippen molar-refractivity contribution in [1.82, 2.24) is 19.4 Å². The van der Waals surface area contributed by atoms with Gasteiger partial charge in [-0.1, -0.05) is 24.3 Å². The first kappa shape index (κ1) is 20.4. The lowest BCUT2D eigenvalue weighted by atomic mass is 10.2. The van der Waals surface area contributed by atoms with Gasteiger partial charge in [0, 0.05) is 31.9 Å². The van der Waals surface area contributed by atoms with Gasteiger partial charge in [0.25, 0.3) is 5.91 Å². The molecule has 0 bridgehead atoms. The van der Waals surface area contributed by atoms with Crippen LogP contribution in [0.1, 0.15) is 15.9 Å². The highest BCUT2D eigenvalue weighted by Crippen LogP contribution is 2.29. The Morgan fingerprint density at radius 2 is 1.81 bits per heavy atom. The molecule has 1 aliphatic rings. The topological polar surface area (TPSA) is 98.3 Å². The van der Waals surface area contributed by atoms with E-state index < -0.39 is 0 Å². The maximum Gasteiger partial charge on any atom is 0.261 e. The second-order valence-corrected chi connectivity index (χ2v) is 8.07. The molecule has 8 nitrogen and oxygen atoms in total. The van der Waals surface area contributed by atoms with Crippen LogP contribution in [0.15, 0.2) is 48.5 Å². The number of aryl methyl sites for hydroxylation is 1. The van der Waals surface area contributed by atoms with E-state index in [0.717, 1.165) is 55.1 Å². The Morgan fingerprint density at radius 1 is 1.06 bits per heavy atom. The molecule has 164 valence electrons. The number of rotatable bonds is 5. The summed E-state index contributed by atoms with van der Waals surface area (Å²) in [5.41, 5.74) is 11.4. The van der Waals surface area contributed by atoms with Gasteiger partial charge in [-0.3, -0.25) is 9.69 Å². The number of nitrogens with zero attached hydrogens (tertiary/aromatic N) is 4. The average Bonchev–Trinajstić information content (AvgIpc) is 3.07. The third kappa shape index (κ3) is 3.90. The second kappa shape index (κ2) is 8.57. The molecule has 4 aromatic rings. The molecule has 1 amide bonds. The Kier molecular flexibility index (Phi) is 5.46. The minimum absolute atomic E-state index is 0.284. The van der Waals surface area contributed by atoms with Crippen LogP contribution in [0.4, 0.5) is 11.5 Å². The molecule has 0 unspecified atom stereocenters. The van der Waals surface area contributed by atoms with Gasteiger partial charge in [0.05, 0.1) is 24.2 Å². The zero-order valence-corrected chi connectivity index (χ0v) is 18.0. The molecule has 2 aromatic heterocycles. The van der Waals surface area contributed by atoms with E-state index in [9.17, 15) is 4.79 Å². The van der Waals surface area contributed by atoms with Gasteiger partial charge in [0.1, 0.15) is 16.9 Å². The molecule has 5 rings (SSSR count). The third-order valence-electron chi connectivity index (χ3n) is 5.84. The lowest BCUT2D eigenvalue weighted by molar-refractivity contribution is 0.0366. The van der Waals surface area contributed by atoms with E-state index >= 15 is 0 Å². The summed E-state index contributed by atoms with van der Waals surface area (Å²) < 4.78 is 7.36. The van der Waals surface area contributed by atoms with Gasteiger partial charge in [-0.05, 0) is 36.8 Å². The molecule has 2 aromatic carbocycles. The molecule has 0 saturated carbocycles. The number of hydrogen-bond acceptors (Lipinski definition) is 6. The van der Waals surface area contributed by atoms with Gasteiger partial charge >= 0.3 is 0 Å². The van der Waals surface area contributed by atoms with Crippen molar-refractivity contribution in [2.45, 2.75) is 13.5 Å². The number of amides is 1. The first-order valence-electron chi connectivity index (χ1n) is 10.8. The molecular weight excluding hydrogens is 404 g/mol. The lowest BCUT2D eigenvalue weighted by Gasteiger charge is -2.26. The molecular formula is C24H26N6O2. The van der Waals surface area contributed by atoms with E-state index in [4.69, 9.17) is 20.4 Å². The van der Waals surface area contributed by atoms with Crippen molar-refractivity contribution in [1.29, 1.82) is 0 Å². The third-order valence-corrected chi connectivity index (χ3v) is 5.84. The average molecular weight is 431 g/mol. The molecule has 1 aliphatic heterocycles. The fraction of sp³-hybridized carbons (Fsp3) is 0.292. The first-order valence-corrected chi connectivity index (χ1v) is 10.8. The fourth-order valence-electron chi connectivity index (χ4n) is 4.15. The molecule has 3 N–H and O–H groups in total. The number of fused-ring (bicyclic) bond motifs is 2. The summed E-state index contributed by atoms with van der Waals surface area (Å²) in [6, 6.07) is 15.3. The molecule has 1 fully saturated rings. The van der Waals surface area contributed by atoms with Crippen LogP contribution in [0, 0.1) is 6.92 Å². The zero-order valence-electron chi connectivity index (χ0n) is 18.0. The smallest absolute Gasteiger partial charge is 0.261 e. The summed E-state index contributed by atoms with van der Waals surface area (Å²) in [6.07, 6.45) is 0. The van der Waals surface area contributed by atoms with E-state index in [0.29, 0.717) is 29.1 Å². The van der Waals surface area contributed by atoms with Gasteiger partial charge in [0.15, 0.2) is 5.65 Å². The number of anilines is 2. The monoisotopic (exact) mass is 430 g/mol. The van der Waals surface area contributed by atoms with Crippen molar-refractivity contribution < 1.29 is 9.53 Å². The largest absolute Gasteiger partial charge is 0.384 e. The van der Waals surface area contributed by atoms with Crippen LogP contribution < -0.4 is 11.1 Å². The Bertz CT molecular complexity index is 1290. The maximum atomic E-state index is 13.3. The number of nitrogens with two attached hydrogens (primary N) is 1. The maximum absolute atomic E-state index is 13.3. The minimum atomic E-state index is -0.284. The van der Waals surface area contributed by atoms with Crippen molar-refractivity contribution in [2.75, 3.05) is 43.9 Å². The Hall–Kier alpha value is -3.49. The molecule has 8 heteroatoms. The van der Waals surface area contributed by atoms with Gasteiger partial charge in [0.2, 0.25) is 0 Å². The number of aromatic nitrogens is 3. The van der Waals surface area contributed by atoms with Gasteiger partial charge in [-0.25, -0.2) is 9.97 Å². The van der Waals surface area contributed by atoms with Crippen LogP contribution >= 0.6 is 0 Å². The van der Waals surface area contributed by atoms with E-state index in [1.54, 1.807) is 0 Å². The molecule has 3 heterocycles. The van der Waals surface area contributed by atoms with Crippen LogP contribution in [0.5, 0.6) is 0 Å². The summed E-state index contributed by atoms with van der Waals surface area (Å²) in [4.78, 5) is 25.2. The number of ether oxygens (including phenoxy) is 1. The SMILES string of the molecule is Cc1cccc(NC(=O)c2c(N)n(CCN3CCOCC3)c3nc4ccccc4nc23)c1.